The zero-order chi connectivity index (χ0) is 13.7. The Hall–Kier alpha value is -1.52. The molecule has 1 aromatic carbocycles. The lowest BCUT2D eigenvalue weighted by atomic mass is 10.2. The summed E-state index contributed by atoms with van der Waals surface area (Å²) in [5.41, 5.74) is 1.82. The fourth-order valence-electron chi connectivity index (χ4n) is 1.74. The molecule has 0 amide bonds. The highest BCUT2D eigenvalue weighted by molar-refractivity contribution is 5.43. The van der Waals surface area contributed by atoms with E-state index in [-0.39, 0.29) is 6.61 Å². The summed E-state index contributed by atoms with van der Waals surface area (Å²) in [4.78, 5) is 0. The molecule has 19 heavy (non-hydrogen) atoms. The van der Waals surface area contributed by atoms with Crippen LogP contribution in [0.5, 0.6) is 11.5 Å². The van der Waals surface area contributed by atoms with Crippen LogP contribution < -0.4 is 14.8 Å². The maximum absolute atomic E-state index is 9.08. The first-order valence-electron chi connectivity index (χ1n) is 6.53. The summed E-state index contributed by atoms with van der Waals surface area (Å²) < 4.78 is 10.9. The summed E-state index contributed by atoms with van der Waals surface area (Å²) in [6, 6.07) is 6.09. The second-order valence-corrected chi connectivity index (χ2v) is 4.84. The Morgan fingerprint density at radius 1 is 1.42 bits per heavy atom. The predicted octanol–water partition coefficient (Wildman–Crippen LogP) is 1.87. The van der Waals surface area contributed by atoms with Crippen LogP contribution in [0, 0.1) is 0 Å². The molecule has 0 atom stereocenters. The first-order valence-corrected chi connectivity index (χ1v) is 6.53. The molecule has 0 unspecified atom stereocenters. The summed E-state index contributed by atoms with van der Waals surface area (Å²) in [5.74, 6) is 1.31. The Morgan fingerprint density at radius 3 is 2.84 bits per heavy atom. The van der Waals surface area contributed by atoms with Crippen LogP contribution in [0.1, 0.15) is 18.4 Å². The number of aliphatic hydroxyl groups excluding tert-OH is 1. The summed E-state index contributed by atoms with van der Waals surface area (Å²) >= 11 is 0. The van der Waals surface area contributed by atoms with E-state index in [9.17, 15) is 0 Å². The van der Waals surface area contributed by atoms with Crippen LogP contribution >= 0.6 is 0 Å². The van der Waals surface area contributed by atoms with Gasteiger partial charge in [-0.05, 0) is 36.1 Å². The minimum Gasteiger partial charge on any atom is -0.493 e. The maximum Gasteiger partial charge on any atom is 0.161 e. The Bertz CT molecular complexity index is 441. The molecule has 0 spiro atoms. The second-order valence-electron chi connectivity index (χ2n) is 4.84. The van der Waals surface area contributed by atoms with Crippen molar-refractivity contribution in [3.63, 3.8) is 0 Å². The van der Waals surface area contributed by atoms with Gasteiger partial charge in [-0.15, -0.1) is 0 Å². The minimum atomic E-state index is -0.00530. The monoisotopic (exact) mass is 263 g/mol. The van der Waals surface area contributed by atoms with Gasteiger partial charge in [0.15, 0.2) is 11.5 Å². The number of rotatable bonds is 8. The lowest BCUT2D eigenvalue weighted by Crippen LogP contribution is -2.21. The number of hydrogen-bond acceptors (Lipinski definition) is 4. The van der Waals surface area contributed by atoms with Gasteiger partial charge in [0.25, 0.3) is 0 Å². The van der Waals surface area contributed by atoms with Gasteiger partial charge in [0, 0.05) is 12.6 Å². The highest BCUT2D eigenvalue weighted by Gasteiger charge is 2.20. The van der Waals surface area contributed by atoms with Gasteiger partial charge >= 0.3 is 0 Å². The van der Waals surface area contributed by atoms with Crippen LogP contribution in [-0.4, -0.2) is 31.4 Å². The Kier molecular flexibility index (Phi) is 4.82. The van der Waals surface area contributed by atoms with E-state index in [1.807, 2.05) is 12.1 Å². The average Bonchev–Trinajstić information content (AvgIpc) is 3.26. The fraction of sp³-hybridized carbons (Fsp3) is 0.467. The van der Waals surface area contributed by atoms with Crippen molar-refractivity contribution in [3.8, 4) is 11.5 Å². The number of methoxy groups -OCH3 is 1. The van der Waals surface area contributed by atoms with Gasteiger partial charge in [-0.25, -0.2) is 0 Å². The number of nitrogens with one attached hydrogen (secondary N) is 1. The molecule has 1 fully saturated rings. The molecular formula is C15H21NO3. The van der Waals surface area contributed by atoms with Gasteiger partial charge in [-0.3, -0.25) is 0 Å². The van der Waals surface area contributed by atoms with Crippen molar-refractivity contribution in [1.29, 1.82) is 0 Å². The Labute approximate surface area is 114 Å². The van der Waals surface area contributed by atoms with Gasteiger partial charge in [-0.2, -0.15) is 0 Å². The van der Waals surface area contributed by atoms with Gasteiger partial charge in [-0.1, -0.05) is 12.6 Å². The lowest BCUT2D eigenvalue weighted by molar-refractivity contribution is 0.279. The largest absolute Gasteiger partial charge is 0.493 e. The van der Waals surface area contributed by atoms with Crippen molar-refractivity contribution in [2.45, 2.75) is 25.5 Å². The topological polar surface area (TPSA) is 50.7 Å². The lowest BCUT2D eigenvalue weighted by Gasteiger charge is -2.13. The van der Waals surface area contributed by atoms with Crippen molar-refractivity contribution in [3.05, 3.63) is 35.9 Å². The molecule has 1 aliphatic carbocycles. The summed E-state index contributed by atoms with van der Waals surface area (Å²) in [5, 5.41) is 12.5. The zero-order valence-electron chi connectivity index (χ0n) is 11.3. The first kappa shape index (κ1) is 13.9. The minimum absolute atomic E-state index is 0.00530. The number of aliphatic hydroxyl groups is 1. The molecule has 4 nitrogen and oxygen atoms in total. The smallest absolute Gasteiger partial charge is 0.161 e. The molecule has 0 bridgehead atoms. The van der Waals surface area contributed by atoms with Crippen molar-refractivity contribution in [1.82, 2.24) is 5.32 Å². The highest BCUT2D eigenvalue weighted by atomic mass is 16.5. The third-order valence-corrected chi connectivity index (χ3v) is 3.06. The number of ether oxygens (including phenoxy) is 2. The van der Waals surface area contributed by atoms with Crippen LogP contribution in [0.4, 0.5) is 0 Å². The van der Waals surface area contributed by atoms with Crippen LogP contribution in [0.3, 0.4) is 0 Å². The molecule has 0 heterocycles. The van der Waals surface area contributed by atoms with Gasteiger partial charge in [0.2, 0.25) is 0 Å². The molecule has 1 aromatic rings. The van der Waals surface area contributed by atoms with Crippen LogP contribution in [-0.2, 0) is 6.61 Å². The third-order valence-electron chi connectivity index (χ3n) is 3.06. The summed E-state index contributed by atoms with van der Waals surface area (Å²) in [6.07, 6.45) is 2.54. The van der Waals surface area contributed by atoms with E-state index in [2.05, 4.69) is 11.9 Å². The summed E-state index contributed by atoms with van der Waals surface area (Å²) in [7, 11) is 1.59. The molecule has 0 saturated heterocycles. The molecule has 4 heteroatoms. The van der Waals surface area contributed by atoms with E-state index < -0.39 is 0 Å². The standard InChI is InChI=1S/C15H21NO3/c1-11(8-16-13-4-5-13)10-19-14-6-3-12(9-17)7-15(14)18-2/h3,6-7,13,16-17H,1,4-5,8-10H2,2H3. The summed E-state index contributed by atoms with van der Waals surface area (Å²) in [6.45, 7) is 5.25. The first-order chi connectivity index (χ1) is 9.22. The molecule has 0 radical (unpaired) electrons. The molecule has 2 rings (SSSR count). The third kappa shape index (κ3) is 4.26. The van der Waals surface area contributed by atoms with E-state index in [0.717, 1.165) is 17.7 Å². The van der Waals surface area contributed by atoms with Crippen molar-refractivity contribution >= 4 is 0 Å². The Morgan fingerprint density at radius 2 is 2.21 bits per heavy atom. The van der Waals surface area contributed by atoms with E-state index >= 15 is 0 Å². The van der Waals surface area contributed by atoms with E-state index in [1.54, 1.807) is 13.2 Å². The zero-order valence-corrected chi connectivity index (χ0v) is 11.3. The molecular weight excluding hydrogens is 242 g/mol. The molecule has 0 aliphatic heterocycles. The SMILES string of the molecule is C=C(CNC1CC1)COc1ccc(CO)cc1OC. The van der Waals surface area contributed by atoms with Crippen LogP contribution in [0.2, 0.25) is 0 Å². The van der Waals surface area contributed by atoms with Crippen molar-refractivity contribution < 1.29 is 14.6 Å². The normalized spacial score (nSPS) is 14.2. The second kappa shape index (κ2) is 6.59. The quantitative estimate of drug-likeness (QED) is 0.703. The molecule has 1 aliphatic rings. The van der Waals surface area contributed by atoms with Crippen molar-refractivity contribution in [2.75, 3.05) is 20.3 Å². The molecule has 2 N–H and O–H groups in total. The molecule has 0 aromatic heterocycles. The van der Waals surface area contributed by atoms with Crippen molar-refractivity contribution in [2.24, 2.45) is 0 Å². The fourth-order valence-corrected chi connectivity index (χ4v) is 1.74. The van der Waals surface area contributed by atoms with Crippen LogP contribution in [0.15, 0.2) is 30.4 Å². The number of hydrogen-bond donors (Lipinski definition) is 2. The van der Waals surface area contributed by atoms with E-state index in [4.69, 9.17) is 14.6 Å². The van der Waals surface area contributed by atoms with Crippen LogP contribution in [0.25, 0.3) is 0 Å². The van der Waals surface area contributed by atoms with Gasteiger partial charge in [0.1, 0.15) is 6.61 Å². The van der Waals surface area contributed by atoms with E-state index in [0.29, 0.717) is 24.1 Å². The average molecular weight is 263 g/mol. The molecule has 1 saturated carbocycles. The molecule has 104 valence electrons. The highest BCUT2D eigenvalue weighted by Crippen LogP contribution is 2.28. The predicted molar refractivity (Wildman–Crippen MR) is 74.6 cm³/mol. The number of benzene rings is 1. The van der Waals surface area contributed by atoms with Gasteiger partial charge < -0.3 is 19.9 Å². The Balaban J connectivity index is 1.85. The van der Waals surface area contributed by atoms with Gasteiger partial charge in [0.05, 0.1) is 13.7 Å². The van der Waals surface area contributed by atoms with E-state index in [1.165, 1.54) is 12.8 Å². The maximum atomic E-state index is 9.08.